The van der Waals surface area contributed by atoms with Gasteiger partial charge in [-0.25, -0.2) is 15.0 Å². The molecule has 5 heterocycles. The number of hydrogen-bond acceptors (Lipinski definition) is 7. The van der Waals surface area contributed by atoms with E-state index in [-0.39, 0.29) is 17.8 Å². The Morgan fingerprint density at radius 2 is 1.83 bits per heavy atom. The first kappa shape index (κ1) is 28.3. The van der Waals surface area contributed by atoms with Gasteiger partial charge >= 0.3 is 5.97 Å². The average molecular weight is 628 g/mol. The van der Waals surface area contributed by atoms with Gasteiger partial charge in [0, 0.05) is 52.8 Å². The Labute approximate surface area is 255 Å². The molecule has 0 aromatic heterocycles. The second kappa shape index (κ2) is 10.8. The van der Waals surface area contributed by atoms with E-state index in [2.05, 4.69) is 67.2 Å². The lowest BCUT2D eigenvalue weighted by atomic mass is 9.86. The van der Waals surface area contributed by atoms with Gasteiger partial charge in [-0.05, 0) is 85.2 Å². The van der Waals surface area contributed by atoms with Crippen molar-refractivity contribution in [2.45, 2.75) is 60.3 Å². The number of fused-ring (bicyclic) bond motifs is 5. The van der Waals surface area contributed by atoms with Gasteiger partial charge in [0.1, 0.15) is 5.76 Å². The number of allylic oxidation sites excluding steroid dienone is 12. The summed E-state index contributed by atoms with van der Waals surface area (Å²) in [6.07, 6.45) is 10.5. The Hall–Kier alpha value is -3.78. The van der Waals surface area contributed by atoms with Crippen molar-refractivity contribution in [3.63, 3.8) is 0 Å². The third-order valence-electron chi connectivity index (χ3n) is 9.22. The van der Waals surface area contributed by atoms with E-state index in [1.807, 2.05) is 18.0 Å². The lowest BCUT2D eigenvalue weighted by molar-refractivity contribution is -0.140. The molecule has 6 aliphatic rings. The molecule has 6 rings (SSSR count). The molecule has 7 nitrogen and oxygen atoms in total. The molecule has 2 N–H and O–H groups in total. The first-order valence-electron chi connectivity index (χ1n) is 14.5. The number of nitrogens with one attached hydrogen (secondary N) is 1. The molecule has 8 bridgehead atoms. The highest BCUT2D eigenvalue weighted by atomic mass is 79.9. The van der Waals surface area contributed by atoms with Crippen LogP contribution in [0.4, 0.5) is 0 Å². The van der Waals surface area contributed by atoms with Crippen molar-refractivity contribution in [1.82, 2.24) is 5.32 Å². The Morgan fingerprint density at radius 3 is 2.55 bits per heavy atom. The molecular weight excluding hydrogens is 592 g/mol. The van der Waals surface area contributed by atoms with Crippen molar-refractivity contribution in [1.29, 1.82) is 0 Å². The van der Waals surface area contributed by atoms with Gasteiger partial charge in [-0.2, -0.15) is 0 Å². The quantitative estimate of drug-likeness (QED) is 0.308. The lowest BCUT2D eigenvalue weighted by Crippen LogP contribution is -2.16. The minimum absolute atomic E-state index is 0.0284. The molecule has 0 aromatic rings. The van der Waals surface area contributed by atoms with Gasteiger partial charge in [0.15, 0.2) is 0 Å². The second-order valence-corrected chi connectivity index (χ2v) is 12.0. The van der Waals surface area contributed by atoms with Crippen LogP contribution >= 0.6 is 15.9 Å². The number of halogens is 1. The van der Waals surface area contributed by atoms with Crippen molar-refractivity contribution in [2.24, 2.45) is 26.8 Å². The van der Waals surface area contributed by atoms with Crippen molar-refractivity contribution < 1.29 is 14.6 Å². The Bertz CT molecular complexity index is 1720. The predicted molar refractivity (Wildman–Crippen MR) is 171 cm³/mol. The van der Waals surface area contributed by atoms with Crippen molar-refractivity contribution in [3.05, 3.63) is 103 Å². The fraction of sp³-hybridized carbons (Fsp3) is 0.353. The maximum absolute atomic E-state index is 12.2. The van der Waals surface area contributed by atoms with E-state index >= 15 is 0 Å². The maximum Gasteiger partial charge on any atom is 0.305 e. The summed E-state index contributed by atoms with van der Waals surface area (Å²) in [6, 6.07) is 0. The van der Waals surface area contributed by atoms with Gasteiger partial charge in [0.2, 0.25) is 0 Å². The number of carbonyl (C=O) groups excluding carboxylic acids is 1. The van der Waals surface area contributed by atoms with Gasteiger partial charge in [-0.1, -0.05) is 29.8 Å². The fourth-order valence-electron chi connectivity index (χ4n) is 6.77. The number of rotatable bonds is 5. The zero-order chi connectivity index (χ0) is 29.9. The van der Waals surface area contributed by atoms with E-state index in [0.29, 0.717) is 25.0 Å². The van der Waals surface area contributed by atoms with Crippen LogP contribution in [0.2, 0.25) is 0 Å². The molecule has 2 atom stereocenters. The normalized spacial score (nSPS) is 24.9. The molecular formula is C34H35BrN4O3. The van der Waals surface area contributed by atoms with Gasteiger partial charge in [0.25, 0.3) is 0 Å². The Morgan fingerprint density at radius 1 is 1.10 bits per heavy atom. The summed E-state index contributed by atoms with van der Waals surface area (Å²) in [4.78, 5) is 29.3. The average Bonchev–Trinajstić information content (AvgIpc) is 3.71. The van der Waals surface area contributed by atoms with Crippen LogP contribution < -0.4 is 5.32 Å². The number of methoxy groups -OCH3 is 1. The smallest absolute Gasteiger partial charge is 0.305 e. The van der Waals surface area contributed by atoms with E-state index in [9.17, 15) is 9.90 Å². The summed E-state index contributed by atoms with van der Waals surface area (Å²) in [6.45, 7) is 10.6. The molecule has 5 aliphatic heterocycles. The maximum atomic E-state index is 12.2. The lowest BCUT2D eigenvalue weighted by Gasteiger charge is -2.17. The van der Waals surface area contributed by atoms with E-state index in [0.717, 1.165) is 85.5 Å². The topological polar surface area (TPSA) is 95.6 Å². The monoisotopic (exact) mass is 626 g/mol. The van der Waals surface area contributed by atoms with E-state index in [4.69, 9.17) is 19.7 Å². The number of nitrogens with zero attached hydrogens (tertiary/aromatic N) is 3. The summed E-state index contributed by atoms with van der Waals surface area (Å²) >= 11 is 3.47. The summed E-state index contributed by atoms with van der Waals surface area (Å²) in [5.41, 5.74) is 14.4. The molecule has 0 aromatic carbocycles. The molecule has 0 saturated carbocycles. The number of esters is 1. The molecule has 216 valence electrons. The number of aliphatic hydroxyl groups is 1. The molecule has 0 radical (unpaired) electrons. The van der Waals surface area contributed by atoms with Crippen LogP contribution in [0.15, 0.2) is 118 Å². The van der Waals surface area contributed by atoms with Crippen molar-refractivity contribution >= 4 is 39.0 Å². The first-order valence-corrected chi connectivity index (χ1v) is 15.4. The molecule has 0 spiro atoms. The standard InChI is InChI=1S/C34H35BrN4O3/c1-7-20-16(2)25-14-29-21(10-11-35)17(3)24(37-29)13-26-18(4)22(8-9-31(41)42-6)33(38-26)23-12-30(40)32-19(5)27(39-34(23)32)15-28(20)36-25/h10-11,13-15,18,22,38,40H,7-9,12H2,1-6H3/b11-10+,26-13?,28-15?,29-14?,33-23?/t18-,22-/m0/s1. The van der Waals surface area contributed by atoms with Crippen LogP contribution in [-0.2, 0) is 9.53 Å². The minimum atomic E-state index is -0.230. The van der Waals surface area contributed by atoms with Gasteiger partial charge in [-0.3, -0.25) is 4.79 Å². The number of aliphatic hydroxyl groups excluding tert-OH is 1. The molecule has 1 saturated heterocycles. The summed E-state index contributed by atoms with van der Waals surface area (Å²) in [5.74, 6) is 0.220. The second-order valence-electron chi connectivity index (χ2n) is 11.4. The largest absolute Gasteiger partial charge is 0.511 e. The summed E-state index contributed by atoms with van der Waals surface area (Å²) in [5, 5.41) is 14.9. The third-order valence-corrected chi connectivity index (χ3v) is 9.48. The zero-order valence-electron chi connectivity index (χ0n) is 24.9. The molecule has 1 fully saturated rings. The highest BCUT2D eigenvalue weighted by Gasteiger charge is 2.41. The third kappa shape index (κ3) is 4.47. The van der Waals surface area contributed by atoms with Crippen LogP contribution in [0.5, 0.6) is 0 Å². The van der Waals surface area contributed by atoms with Gasteiger partial charge in [-0.15, -0.1) is 0 Å². The van der Waals surface area contributed by atoms with E-state index in [1.165, 1.54) is 12.7 Å². The predicted octanol–water partition coefficient (Wildman–Crippen LogP) is 7.52. The number of aliphatic imine (C=N–C) groups is 3. The molecule has 0 amide bonds. The van der Waals surface area contributed by atoms with Crippen molar-refractivity contribution in [2.75, 3.05) is 7.11 Å². The highest BCUT2D eigenvalue weighted by molar-refractivity contribution is 9.11. The summed E-state index contributed by atoms with van der Waals surface area (Å²) in [7, 11) is 1.42. The Kier molecular flexibility index (Phi) is 7.29. The zero-order valence-corrected chi connectivity index (χ0v) is 26.4. The number of ether oxygens (including phenoxy) is 1. The SMILES string of the molecule is CCC1=C(C)C2=NC1=CC1=C(C)C3=C(O)CC(=C4NC(=CC5=NC(=C2)C(/C=C/Br)=C5C)[C@@H](C)[C@@H]4CCC(=O)OC)C3=N1. The van der Waals surface area contributed by atoms with E-state index < -0.39 is 0 Å². The number of hydrogen-bond donors (Lipinski definition) is 2. The Balaban J connectivity index is 1.60. The van der Waals surface area contributed by atoms with Gasteiger partial charge in [0.05, 0.1) is 41.3 Å². The highest BCUT2D eigenvalue weighted by Crippen LogP contribution is 2.46. The van der Waals surface area contributed by atoms with Crippen molar-refractivity contribution in [3.8, 4) is 0 Å². The minimum Gasteiger partial charge on any atom is -0.511 e. The van der Waals surface area contributed by atoms with Gasteiger partial charge < -0.3 is 15.2 Å². The van der Waals surface area contributed by atoms with Crippen LogP contribution in [0, 0.1) is 11.8 Å². The fourth-order valence-corrected chi connectivity index (χ4v) is 7.04. The molecule has 42 heavy (non-hydrogen) atoms. The molecule has 1 aliphatic carbocycles. The van der Waals surface area contributed by atoms with E-state index in [1.54, 1.807) is 0 Å². The van der Waals surface area contributed by atoms with Crippen LogP contribution in [0.25, 0.3) is 0 Å². The van der Waals surface area contributed by atoms with Crippen LogP contribution in [0.3, 0.4) is 0 Å². The number of carbonyl (C=O) groups is 1. The summed E-state index contributed by atoms with van der Waals surface area (Å²) < 4.78 is 4.98. The van der Waals surface area contributed by atoms with Crippen LogP contribution in [-0.4, -0.2) is 35.3 Å². The first-order chi connectivity index (χ1) is 20.2. The molecule has 8 heteroatoms. The van der Waals surface area contributed by atoms with Crippen LogP contribution in [0.1, 0.15) is 60.3 Å². The molecule has 0 unspecified atom stereocenters.